The van der Waals surface area contributed by atoms with Crippen LogP contribution in [-0.4, -0.2) is 35.8 Å². The first kappa shape index (κ1) is 40.1. The number of hydrogen-bond acceptors (Lipinski definition) is 4. The van der Waals surface area contributed by atoms with Crippen LogP contribution in [0.2, 0.25) is 0 Å². The molecule has 0 fully saturated rings. The van der Waals surface area contributed by atoms with Crippen molar-refractivity contribution in [2.24, 2.45) is 0 Å². The van der Waals surface area contributed by atoms with Crippen molar-refractivity contribution in [1.29, 1.82) is 0 Å². The average Bonchev–Trinajstić information content (AvgIpc) is 2.82. The van der Waals surface area contributed by atoms with Crippen LogP contribution in [-0.2, 0) is 11.2 Å². The maximum absolute atomic E-state index is 10.4. The molecule has 0 atom stereocenters. The minimum atomic E-state index is -1.11. The fourth-order valence-corrected chi connectivity index (χ4v) is 2.50. The van der Waals surface area contributed by atoms with Crippen molar-refractivity contribution in [3.05, 3.63) is 49.2 Å². The van der Waals surface area contributed by atoms with E-state index in [1.165, 1.54) is 56.9 Å². The fourth-order valence-electron chi connectivity index (χ4n) is 2.50. The number of aliphatic carboxylic acids is 1. The van der Waals surface area contributed by atoms with Gasteiger partial charge in [0.05, 0.1) is 5.97 Å². The zero-order chi connectivity index (χ0) is 25.7. The van der Waals surface area contributed by atoms with Gasteiger partial charge in [-0.1, -0.05) is 143 Å². The normalized spacial score (nSPS) is 9.12. The van der Waals surface area contributed by atoms with Crippen molar-refractivity contribution in [2.45, 2.75) is 124 Å². The van der Waals surface area contributed by atoms with Gasteiger partial charge in [0.25, 0.3) is 0 Å². The molecule has 0 saturated heterocycles. The summed E-state index contributed by atoms with van der Waals surface area (Å²) in [5.41, 5.74) is 1.41. The van der Waals surface area contributed by atoms with Gasteiger partial charge in [0.2, 0.25) is 0 Å². The number of unbranched alkanes of at least 4 members (excludes halogenated alkanes) is 9. The van der Waals surface area contributed by atoms with E-state index in [4.69, 9.17) is 0 Å². The van der Waals surface area contributed by atoms with Crippen molar-refractivity contribution in [3.8, 4) is 0 Å². The maximum Gasteiger partial charge on any atom is 2.00 e. The Kier molecular flexibility index (Phi) is 40.3. The summed E-state index contributed by atoms with van der Waals surface area (Å²) >= 11 is 0. The molecule has 0 aliphatic rings. The first-order valence-electron chi connectivity index (χ1n) is 12.9. The predicted octanol–water partition coefficient (Wildman–Crippen LogP) is 6.13. The first-order chi connectivity index (χ1) is 15.8. The molecular weight excluding hydrogens is 531 g/mol. The third-order valence-corrected chi connectivity index (χ3v) is 4.67. The van der Waals surface area contributed by atoms with E-state index in [0.29, 0.717) is 0 Å². The molecule has 0 saturated carbocycles. The molecule has 0 N–H and O–H groups in total. The zero-order valence-corrected chi connectivity index (χ0v) is 25.3. The Morgan fingerprint density at radius 3 is 1.41 bits per heavy atom. The summed E-state index contributed by atoms with van der Waals surface area (Å²) in [4.78, 5) is 20.4. The van der Waals surface area contributed by atoms with E-state index in [0.717, 1.165) is 38.5 Å². The Morgan fingerprint density at radius 2 is 1.09 bits per heavy atom. The Morgan fingerprint density at radius 1 is 0.676 bits per heavy atom. The Labute approximate surface area is 228 Å². The number of benzene rings is 1. The minimum absolute atomic E-state index is 0. The molecule has 1 rings (SSSR count). The zero-order valence-electron chi connectivity index (χ0n) is 22.5. The molecule has 0 heterocycles. The van der Waals surface area contributed by atoms with E-state index in [-0.39, 0.29) is 35.9 Å². The largest absolute Gasteiger partial charge is 2.00 e. The second kappa shape index (κ2) is 34.1. The van der Waals surface area contributed by atoms with Gasteiger partial charge in [-0.15, -0.1) is 0 Å². The fraction of sp³-hybridized carbons (Fsp3) is 0.655. The van der Waals surface area contributed by atoms with Gasteiger partial charge in [0.1, 0.15) is 0 Å². The summed E-state index contributed by atoms with van der Waals surface area (Å²) in [6.07, 6.45) is 16.4. The molecule has 5 heteroatoms. The Hall–Kier alpha value is -1.04. The summed E-state index contributed by atoms with van der Waals surface area (Å²) in [5, 5.41) is 20.4. The van der Waals surface area contributed by atoms with E-state index in [1.54, 1.807) is 12.1 Å². The third-order valence-electron chi connectivity index (χ3n) is 4.67. The molecule has 1 aromatic rings. The molecule has 1 aromatic carbocycles. The van der Waals surface area contributed by atoms with Crippen molar-refractivity contribution in [3.63, 3.8) is 0 Å². The molecule has 4 nitrogen and oxygen atoms in total. The van der Waals surface area contributed by atoms with Crippen LogP contribution in [0.25, 0.3) is 0 Å². The molecule has 0 aliphatic heterocycles. The Bertz CT molecular complexity index is 521. The van der Waals surface area contributed by atoms with E-state index < -0.39 is 11.9 Å². The topological polar surface area (TPSA) is 80.3 Å². The molecule has 0 spiro atoms. The number of carboxylic acid groups (broad SMARTS) is 2. The van der Waals surface area contributed by atoms with Crippen LogP contribution >= 0.6 is 0 Å². The van der Waals surface area contributed by atoms with Crippen molar-refractivity contribution >= 4 is 35.8 Å². The second-order valence-corrected chi connectivity index (χ2v) is 8.04. The van der Waals surface area contributed by atoms with E-state index in [2.05, 4.69) is 41.5 Å². The number of carbonyl (C=O) groups is 2. The van der Waals surface area contributed by atoms with Gasteiger partial charge in [-0.05, 0) is 30.4 Å². The number of hydrogen-bond donors (Lipinski definition) is 0. The summed E-state index contributed by atoms with van der Waals surface area (Å²) in [7, 11) is 0. The quantitative estimate of drug-likeness (QED) is 0.196. The number of aromatic carboxylic acids is 1. The number of aryl methyl sites for hydroxylation is 1. The molecule has 0 aromatic heterocycles. The number of carbonyl (C=O) groups excluding carboxylic acids is 2. The second-order valence-electron chi connectivity index (χ2n) is 8.04. The van der Waals surface area contributed by atoms with Gasteiger partial charge in [-0.2, -0.15) is 0 Å². The summed E-state index contributed by atoms with van der Waals surface area (Å²) in [6.45, 7) is 15.7. The van der Waals surface area contributed by atoms with E-state index in [1.807, 2.05) is 12.1 Å². The Balaban J connectivity index is -0.000000198. The van der Waals surface area contributed by atoms with Crippen LogP contribution in [0.5, 0.6) is 0 Å². The molecule has 0 amide bonds. The predicted molar refractivity (Wildman–Crippen MR) is 143 cm³/mol. The van der Waals surface area contributed by atoms with Crippen LogP contribution in [0.15, 0.2) is 24.3 Å². The molecule has 4 radical (unpaired) electrons. The van der Waals surface area contributed by atoms with E-state index >= 15 is 0 Å². The van der Waals surface area contributed by atoms with Gasteiger partial charge < -0.3 is 19.8 Å². The molecular formula is C29H50O4Sn. The van der Waals surface area contributed by atoms with Crippen LogP contribution in [0.4, 0.5) is 0 Å². The van der Waals surface area contributed by atoms with Crippen LogP contribution in [0.3, 0.4) is 0 Å². The van der Waals surface area contributed by atoms with Crippen LogP contribution in [0.1, 0.15) is 134 Å². The van der Waals surface area contributed by atoms with Crippen molar-refractivity contribution < 1.29 is 19.8 Å². The van der Waals surface area contributed by atoms with E-state index in [9.17, 15) is 19.8 Å². The molecule has 0 unspecified atom stereocenters. The van der Waals surface area contributed by atoms with Crippen molar-refractivity contribution in [2.75, 3.05) is 0 Å². The summed E-state index contributed by atoms with van der Waals surface area (Å²) in [5.74, 6) is -2.02. The minimum Gasteiger partial charge on any atom is -0.550 e. The molecule has 194 valence electrons. The third kappa shape index (κ3) is 35.5. The van der Waals surface area contributed by atoms with Gasteiger partial charge in [0.15, 0.2) is 0 Å². The smallest absolute Gasteiger partial charge is 0.550 e. The van der Waals surface area contributed by atoms with Crippen molar-refractivity contribution in [1.82, 2.24) is 0 Å². The first-order valence-corrected chi connectivity index (χ1v) is 12.9. The van der Waals surface area contributed by atoms with Gasteiger partial charge in [0, 0.05) is 5.97 Å². The average molecular weight is 581 g/mol. The SMILES string of the molecule is CCCCCCCCCCC(=O)[O-].CCCc1ccc(C(=O)[O-])cc1.[CH2]CCC.[CH2]CCC.[Sn+2]. The van der Waals surface area contributed by atoms with Gasteiger partial charge in [-0.3, -0.25) is 0 Å². The summed E-state index contributed by atoms with van der Waals surface area (Å²) < 4.78 is 0. The standard InChI is InChI=1S/C11H22O2.C10H12O2.2C4H9.Sn/c1-2-3-4-5-6-7-8-9-10-11(12)13;1-2-3-8-4-6-9(7-5-8)10(11)12;2*1-3-4-2;/h2-10H2,1H3,(H,12,13);4-7H,2-3H2,1H3,(H,11,12);2*1,3-4H2,2H3;/q;;;;+2/p-2. The van der Waals surface area contributed by atoms with Gasteiger partial charge >= 0.3 is 23.9 Å². The number of rotatable bonds is 14. The van der Waals surface area contributed by atoms with Crippen LogP contribution < -0.4 is 10.2 Å². The number of carboxylic acids is 2. The van der Waals surface area contributed by atoms with Crippen LogP contribution in [0, 0.1) is 13.8 Å². The molecule has 0 bridgehead atoms. The summed E-state index contributed by atoms with van der Waals surface area (Å²) in [6, 6.07) is 6.82. The monoisotopic (exact) mass is 582 g/mol. The molecule has 0 aliphatic carbocycles. The maximum atomic E-state index is 10.4. The molecule has 34 heavy (non-hydrogen) atoms. The van der Waals surface area contributed by atoms with Gasteiger partial charge in [-0.25, -0.2) is 0 Å².